The summed E-state index contributed by atoms with van der Waals surface area (Å²) >= 11 is 0. The number of anilines is 1. The first kappa shape index (κ1) is 19.9. The summed E-state index contributed by atoms with van der Waals surface area (Å²) in [5, 5.41) is 0. The molecule has 3 heterocycles. The van der Waals surface area contributed by atoms with E-state index >= 15 is 0 Å². The summed E-state index contributed by atoms with van der Waals surface area (Å²) in [6.07, 6.45) is -3.11. The molecule has 5 rings (SSSR count). The highest BCUT2D eigenvalue weighted by Crippen LogP contribution is 2.48. The van der Waals surface area contributed by atoms with E-state index in [0.29, 0.717) is 18.5 Å². The van der Waals surface area contributed by atoms with Gasteiger partial charge in [-0.2, -0.15) is 13.2 Å². The first-order valence-corrected chi connectivity index (χ1v) is 10.2. The average Bonchev–Trinajstić information content (AvgIpc) is 3.40. The lowest BCUT2D eigenvalue weighted by Gasteiger charge is -2.27. The molecule has 0 saturated carbocycles. The average molecular weight is 428 g/mol. The largest absolute Gasteiger partial charge is 0.416 e. The van der Waals surface area contributed by atoms with Crippen LogP contribution < -0.4 is 4.90 Å². The van der Waals surface area contributed by atoms with Crippen molar-refractivity contribution < 1.29 is 27.6 Å². The van der Waals surface area contributed by atoms with E-state index in [4.69, 9.17) is 0 Å². The van der Waals surface area contributed by atoms with Crippen LogP contribution in [0.15, 0.2) is 54.6 Å². The van der Waals surface area contributed by atoms with Crippen molar-refractivity contribution in [1.29, 1.82) is 0 Å². The van der Waals surface area contributed by atoms with Gasteiger partial charge in [-0.15, -0.1) is 0 Å². The molecule has 3 aliphatic rings. The first-order chi connectivity index (χ1) is 14.8. The zero-order valence-corrected chi connectivity index (χ0v) is 16.4. The maximum Gasteiger partial charge on any atom is 0.416 e. The van der Waals surface area contributed by atoms with Crippen molar-refractivity contribution in [2.75, 3.05) is 11.4 Å². The first-order valence-electron chi connectivity index (χ1n) is 10.2. The van der Waals surface area contributed by atoms with Gasteiger partial charge >= 0.3 is 6.18 Å². The number of benzene rings is 2. The third-order valence-electron chi connectivity index (χ3n) is 6.61. The summed E-state index contributed by atoms with van der Waals surface area (Å²) in [5.41, 5.74) is -0.576. The highest BCUT2D eigenvalue weighted by atomic mass is 19.4. The summed E-state index contributed by atoms with van der Waals surface area (Å²) < 4.78 is 39.5. The summed E-state index contributed by atoms with van der Waals surface area (Å²) in [7, 11) is 0. The number of rotatable bonds is 3. The van der Waals surface area contributed by atoms with Gasteiger partial charge in [-0.1, -0.05) is 36.4 Å². The van der Waals surface area contributed by atoms with Crippen LogP contribution in [0.2, 0.25) is 0 Å². The van der Waals surface area contributed by atoms with Gasteiger partial charge in [0, 0.05) is 11.6 Å². The van der Waals surface area contributed by atoms with Crippen molar-refractivity contribution in [3.05, 3.63) is 65.7 Å². The molecule has 0 radical (unpaired) electrons. The molecule has 3 fully saturated rings. The molecule has 8 heteroatoms. The fourth-order valence-corrected chi connectivity index (χ4v) is 5.36. The van der Waals surface area contributed by atoms with Gasteiger partial charge in [-0.25, -0.2) is 4.90 Å². The lowest BCUT2D eigenvalue weighted by molar-refractivity contribution is -0.137. The standard InChI is InChI=1S/C23H19F3N2O3/c24-23(25,26)14-8-4-9-15(12-14)28-21(30)17-16-10-5-11-27(16)19(18(17)22(28)31)20(29)13-6-2-1-3-7-13/h1-4,6-9,12,16-19H,5,10-11H2/t16-,17-,18-,19+/m1/s1. The maximum absolute atomic E-state index is 13.4. The Labute approximate surface area is 176 Å². The SMILES string of the molecule is O=C(c1ccccc1)[C@@H]1[C@@H]2C(=O)N(c3cccc(C(F)(F)F)c3)C(=O)[C@@H]2[C@H]2CCCN21. The van der Waals surface area contributed by atoms with E-state index in [9.17, 15) is 27.6 Å². The number of imide groups is 1. The lowest BCUT2D eigenvalue weighted by atomic mass is 9.85. The Bertz CT molecular complexity index is 1070. The minimum absolute atomic E-state index is 0.102. The second-order valence-electron chi connectivity index (χ2n) is 8.23. The number of halogens is 3. The molecule has 160 valence electrons. The molecule has 2 aromatic carbocycles. The van der Waals surface area contributed by atoms with Crippen LogP contribution in [0.3, 0.4) is 0 Å². The number of hydrogen-bond donors (Lipinski definition) is 0. The normalized spacial score (nSPS) is 28.2. The molecule has 0 spiro atoms. The van der Waals surface area contributed by atoms with Gasteiger partial charge in [-0.3, -0.25) is 19.3 Å². The molecule has 0 aliphatic carbocycles. The van der Waals surface area contributed by atoms with Crippen molar-refractivity contribution in [1.82, 2.24) is 4.90 Å². The molecule has 31 heavy (non-hydrogen) atoms. The van der Waals surface area contributed by atoms with Crippen LogP contribution in [0.1, 0.15) is 28.8 Å². The molecule has 3 aliphatic heterocycles. The Kier molecular flexibility index (Phi) is 4.51. The number of hydrogen-bond acceptors (Lipinski definition) is 4. The number of ketones is 1. The second-order valence-corrected chi connectivity index (χ2v) is 8.23. The topological polar surface area (TPSA) is 57.7 Å². The van der Waals surface area contributed by atoms with Crippen LogP contribution >= 0.6 is 0 Å². The third-order valence-corrected chi connectivity index (χ3v) is 6.61. The molecule has 0 aromatic heterocycles. The van der Waals surface area contributed by atoms with Crippen molar-refractivity contribution >= 4 is 23.3 Å². The number of nitrogens with zero attached hydrogens (tertiary/aromatic N) is 2. The summed E-state index contributed by atoms with van der Waals surface area (Å²) in [6.45, 7) is 0.616. The van der Waals surface area contributed by atoms with Crippen LogP contribution in [0.5, 0.6) is 0 Å². The van der Waals surface area contributed by atoms with E-state index < -0.39 is 41.4 Å². The van der Waals surface area contributed by atoms with E-state index in [1.807, 2.05) is 4.90 Å². The molecule has 2 amide bonds. The maximum atomic E-state index is 13.4. The van der Waals surface area contributed by atoms with Gasteiger partial charge < -0.3 is 0 Å². The van der Waals surface area contributed by atoms with Crippen LogP contribution in [0.25, 0.3) is 0 Å². The molecule has 3 saturated heterocycles. The molecule has 5 nitrogen and oxygen atoms in total. The molecular formula is C23H19F3N2O3. The van der Waals surface area contributed by atoms with Crippen molar-refractivity contribution in [3.63, 3.8) is 0 Å². The Balaban J connectivity index is 1.55. The van der Waals surface area contributed by atoms with Gasteiger partial charge in [0.25, 0.3) is 0 Å². The monoisotopic (exact) mass is 428 g/mol. The Hall–Kier alpha value is -3.00. The van der Waals surface area contributed by atoms with Crippen LogP contribution in [0, 0.1) is 11.8 Å². The predicted molar refractivity (Wildman–Crippen MR) is 105 cm³/mol. The number of fused-ring (bicyclic) bond motifs is 3. The van der Waals surface area contributed by atoms with E-state index in [2.05, 4.69) is 0 Å². The highest BCUT2D eigenvalue weighted by molar-refractivity contribution is 6.24. The predicted octanol–water partition coefficient (Wildman–Crippen LogP) is 3.54. The number of alkyl halides is 3. The highest BCUT2D eigenvalue weighted by Gasteiger charge is 2.64. The number of amides is 2. The van der Waals surface area contributed by atoms with E-state index in [-0.39, 0.29) is 17.5 Å². The summed E-state index contributed by atoms with van der Waals surface area (Å²) in [4.78, 5) is 42.8. The minimum Gasteiger partial charge on any atom is -0.292 e. The Morgan fingerprint density at radius 1 is 0.935 bits per heavy atom. The fraction of sp³-hybridized carbons (Fsp3) is 0.348. The zero-order valence-electron chi connectivity index (χ0n) is 16.4. The van der Waals surface area contributed by atoms with Crippen LogP contribution in [0.4, 0.5) is 18.9 Å². The van der Waals surface area contributed by atoms with Gasteiger partial charge in [-0.05, 0) is 37.6 Å². The molecule has 2 aromatic rings. The molecular weight excluding hydrogens is 409 g/mol. The zero-order chi connectivity index (χ0) is 21.9. The smallest absolute Gasteiger partial charge is 0.292 e. The fourth-order valence-electron chi connectivity index (χ4n) is 5.36. The minimum atomic E-state index is -4.59. The molecule has 0 bridgehead atoms. The van der Waals surface area contributed by atoms with Crippen LogP contribution in [-0.4, -0.2) is 41.1 Å². The van der Waals surface area contributed by atoms with Crippen molar-refractivity contribution in [2.45, 2.75) is 31.1 Å². The van der Waals surface area contributed by atoms with Crippen LogP contribution in [-0.2, 0) is 15.8 Å². The van der Waals surface area contributed by atoms with Crippen molar-refractivity contribution in [2.24, 2.45) is 11.8 Å². The third kappa shape index (κ3) is 3.00. The van der Waals surface area contributed by atoms with Gasteiger partial charge in [0.15, 0.2) is 5.78 Å². The molecule has 0 unspecified atom stereocenters. The van der Waals surface area contributed by atoms with E-state index in [0.717, 1.165) is 23.5 Å². The quantitative estimate of drug-likeness (QED) is 0.554. The lowest BCUT2D eigenvalue weighted by Crippen LogP contribution is -2.46. The summed E-state index contributed by atoms with van der Waals surface area (Å²) in [5.74, 6) is -2.96. The Morgan fingerprint density at radius 2 is 1.65 bits per heavy atom. The van der Waals surface area contributed by atoms with Gasteiger partial charge in [0.1, 0.15) is 0 Å². The number of Topliss-reactive ketones (excluding diaryl/α,β-unsaturated/α-hetero) is 1. The number of carbonyl (C=O) groups is 3. The second kappa shape index (κ2) is 7.02. The molecule has 0 N–H and O–H groups in total. The van der Waals surface area contributed by atoms with E-state index in [1.165, 1.54) is 12.1 Å². The summed E-state index contributed by atoms with van der Waals surface area (Å²) in [6, 6.07) is 11.8. The van der Waals surface area contributed by atoms with E-state index in [1.54, 1.807) is 30.3 Å². The molecule has 4 atom stereocenters. The van der Waals surface area contributed by atoms with Gasteiger partial charge in [0.2, 0.25) is 11.8 Å². The number of carbonyl (C=O) groups excluding carboxylic acids is 3. The Morgan fingerprint density at radius 3 is 2.35 bits per heavy atom. The van der Waals surface area contributed by atoms with Crippen molar-refractivity contribution in [3.8, 4) is 0 Å². The van der Waals surface area contributed by atoms with Gasteiger partial charge in [0.05, 0.1) is 29.1 Å².